The van der Waals surface area contributed by atoms with Crippen molar-refractivity contribution in [2.75, 3.05) is 26.9 Å². The zero-order valence-corrected chi connectivity index (χ0v) is 11.7. The number of rotatable bonds is 5. The van der Waals surface area contributed by atoms with Gasteiger partial charge in [-0.05, 0) is 19.1 Å². The number of methoxy groups -OCH3 is 1. The maximum Gasteiger partial charge on any atom is 0.241 e. The van der Waals surface area contributed by atoms with Crippen molar-refractivity contribution >= 4 is 10.0 Å². The van der Waals surface area contributed by atoms with E-state index in [9.17, 15) is 8.42 Å². The third kappa shape index (κ3) is 3.37. The van der Waals surface area contributed by atoms with Crippen LogP contribution in [0, 0.1) is 0 Å². The van der Waals surface area contributed by atoms with Gasteiger partial charge in [0.1, 0.15) is 13.2 Å². The molecule has 1 aliphatic heterocycles. The molecule has 0 fully saturated rings. The van der Waals surface area contributed by atoms with Crippen molar-refractivity contribution in [3.05, 3.63) is 18.2 Å². The lowest BCUT2D eigenvalue weighted by atomic mass is 10.3. The maximum absolute atomic E-state index is 12.1. The van der Waals surface area contributed by atoms with E-state index < -0.39 is 10.0 Å². The van der Waals surface area contributed by atoms with Crippen LogP contribution in [0.25, 0.3) is 0 Å². The molecule has 1 aromatic rings. The monoisotopic (exact) mass is 287 g/mol. The number of sulfonamides is 1. The van der Waals surface area contributed by atoms with Crippen LogP contribution in [0.5, 0.6) is 11.5 Å². The van der Waals surface area contributed by atoms with Gasteiger partial charge in [0.05, 0.1) is 11.5 Å². The van der Waals surface area contributed by atoms with Gasteiger partial charge in [-0.3, -0.25) is 0 Å². The number of hydrogen-bond donors (Lipinski definition) is 1. The summed E-state index contributed by atoms with van der Waals surface area (Å²) >= 11 is 0. The third-order valence-corrected chi connectivity index (χ3v) is 4.18. The molecule has 0 spiro atoms. The highest BCUT2D eigenvalue weighted by Gasteiger charge is 2.21. The average Bonchev–Trinajstić information content (AvgIpc) is 2.37. The molecule has 0 amide bonds. The first-order valence-electron chi connectivity index (χ1n) is 5.94. The second kappa shape index (κ2) is 5.77. The molecule has 1 N–H and O–H groups in total. The molecule has 0 bridgehead atoms. The Bertz CT molecular complexity index is 543. The zero-order valence-electron chi connectivity index (χ0n) is 10.9. The van der Waals surface area contributed by atoms with E-state index in [1.54, 1.807) is 13.0 Å². The molecule has 2 rings (SSSR count). The molecule has 7 heteroatoms. The molecule has 19 heavy (non-hydrogen) atoms. The molecule has 1 atom stereocenters. The Hall–Kier alpha value is -1.31. The lowest BCUT2D eigenvalue weighted by molar-refractivity contribution is 0.171. The Morgan fingerprint density at radius 1 is 1.32 bits per heavy atom. The van der Waals surface area contributed by atoms with Gasteiger partial charge >= 0.3 is 0 Å². The Kier molecular flexibility index (Phi) is 4.28. The minimum Gasteiger partial charge on any atom is -0.486 e. The minimum absolute atomic E-state index is 0.153. The normalized spacial score (nSPS) is 16.1. The van der Waals surface area contributed by atoms with Gasteiger partial charge in [0.15, 0.2) is 11.5 Å². The number of hydrogen-bond acceptors (Lipinski definition) is 5. The van der Waals surface area contributed by atoms with Crippen LogP contribution in [0.2, 0.25) is 0 Å². The molecule has 0 saturated heterocycles. The van der Waals surface area contributed by atoms with Gasteiger partial charge in [-0.25, -0.2) is 13.1 Å². The van der Waals surface area contributed by atoms with Gasteiger partial charge in [0.25, 0.3) is 0 Å². The summed E-state index contributed by atoms with van der Waals surface area (Å²) < 4.78 is 42.4. The molecule has 1 aliphatic rings. The maximum atomic E-state index is 12.1. The van der Waals surface area contributed by atoms with Crippen LogP contribution in [-0.2, 0) is 14.8 Å². The highest BCUT2D eigenvalue weighted by atomic mass is 32.2. The molecule has 106 valence electrons. The second-order valence-electron chi connectivity index (χ2n) is 4.28. The fourth-order valence-corrected chi connectivity index (χ4v) is 3.05. The van der Waals surface area contributed by atoms with Crippen molar-refractivity contribution in [3.63, 3.8) is 0 Å². The number of fused-ring (bicyclic) bond motifs is 1. The van der Waals surface area contributed by atoms with Crippen LogP contribution in [0.15, 0.2) is 23.1 Å². The van der Waals surface area contributed by atoms with Crippen LogP contribution in [0.1, 0.15) is 6.92 Å². The molecule has 0 aromatic heterocycles. The SMILES string of the molecule is COC[C@H](C)NS(=O)(=O)c1ccc2c(c1)OCCO2. The molecule has 0 unspecified atom stereocenters. The van der Waals surface area contributed by atoms with Gasteiger partial charge in [-0.15, -0.1) is 0 Å². The first-order chi connectivity index (χ1) is 9.03. The fraction of sp³-hybridized carbons (Fsp3) is 0.500. The van der Waals surface area contributed by atoms with Crippen molar-refractivity contribution in [3.8, 4) is 11.5 Å². The van der Waals surface area contributed by atoms with E-state index in [4.69, 9.17) is 14.2 Å². The molecule has 1 heterocycles. The van der Waals surface area contributed by atoms with E-state index in [2.05, 4.69) is 4.72 Å². The Morgan fingerprint density at radius 2 is 2.00 bits per heavy atom. The van der Waals surface area contributed by atoms with Gasteiger partial charge in [-0.1, -0.05) is 0 Å². The first kappa shape index (κ1) is 14.1. The van der Waals surface area contributed by atoms with E-state index in [0.29, 0.717) is 31.3 Å². The summed E-state index contributed by atoms with van der Waals surface area (Å²) in [5.41, 5.74) is 0. The van der Waals surface area contributed by atoms with E-state index in [-0.39, 0.29) is 10.9 Å². The van der Waals surface area contributed by atoms with Gasteiger partial charge in [0.2, 0.25) is 10.0 Å². The lowest BCUT2D eigenvalue weighted by Crippen LogP contribution is -2.35. The summed E-state index contributed by atoms with van der Waals surface area (Å²) in [6.45, 7) is 2.94. The van der Waals surface area contributed by atoms with Crippen molar-refractivity contribution in [2.45, 2.75) is 17.9 Å². The highest BCUT2D eigenvalue weighted by molar-refractivity contribution is 7.89. The summed E-state index contributed by atoms with van der Waals surface area (Å²) in [6.07, 6.45) is 0. The Balaban J connectivity index is 2.21. The molecule has 1 aromatic carbocycles. The second-order valence-corrected chi connectivity index (χ2v) is 6.00. The number of benzene rings is 1. The van der Waals surface area contributed by atoms with Crippen LogP contribution >= 0.6 is 0 Å². The molecule has 0 saturated carbocycles. The molecule has 0 radical (unpaired) electrons. The number of nitrogens with one attached hydrogen (secondary N) is 1. The largest absolute Gasteiger partial charge is 0.486 e. The van der Waals surface area contributed by atoms with Gasteiger partial charge in [-0.2, -0.15) is 0 Å². The van der Waals surface area contributed by atoms with Crippen LogP contribution in [0.4, 0.5) is 0 Å². The van der Waals surface area contributed by atoms with Crippen LogP contribution in [-0.4, -0.2) is 41.4 Å². The lowest BCUT2D eigenvalue weighted by Gasteiger charge is -2.19. The third-order valence-electron chi connectivity index (χ3n) is 2.60. The molecule has 6 nitrogen and oxygen atoms in total. The van der Waals surface area contributed by atoms with Gasteiger partial charge < -0.3 is 14.2 Å². The average molecular weight is 287 g/mol. The predicted molar refractivity (Wildman–Crippen MR) is 69.1 cm³/mol. The smallest absolute Gasteiger partial charge is 0.241 e. The summed E-state index contributed by atoms with van der Waals surface area (Å²) in [4.78, 5) is 0.153. The van der Waals surface area contributed by atoms with Crippen LogP contribution in [0.3, 0.4) is 0 Å². The summed E-state index contributed by atoms with van der Waals surface area (Å²) in [7, 11) is -2.06. The quantitative estimate of drug-likeness (QED) is 0.866. The summed E-state index contributed by atoms with van der Waals surface area (Å²) in [6, 6.07) is 4.26. The molecule has 0 aliphatic carbocycles. The first-order valence-corrected chi connectivity index (χ1v) is 7.42. The van der Waals surface area contributed by atoms with E-state index in [1.807, 2.05) is 0 Å². The van der Waals surface area contributed by atoms with E-state index in [0.717, 1.165) is 0 Å². The minimum atomic E-state index is -3.58. The molecular formula is C12H17NO5S. The van der Waals surface area contributed by atoms with Crippen molar-refractivity contribution in [1.82, 2.24) is 4.72 Å². The van der Waals surface area contributed by atoms with Crippen molar-refractivity contribution in [2.24, 2.45) is 0 Å². The zero-order chi connectivity index (χ0) is 13.9. The highest BCUT2D eigenvalue weighted by Crippen LogP contribution is 2.32. The summed E-state index contributed by atoms with van der Waals surface area (Å²) in [5, 5.41) is 0. The predicted octanol–water partition coefficient (Wildman–Crippen LogP) is 0.771. The molecular weight excluding hydrogens is 270 g/mol. The van der Waals surface area contributed by atoms with E-state index in [1.165, 1.54) is 19.2 Å². The van der Waals surface area contributed by atoms with Crippen molar-refractivity contribution < 1.29 is 22.6 Å². The Labute approximate surface area is 112 Å². The fourth-order valence-electron chi connectivity index (χ4n) is 1.81. The summed E-state index contributed by atoms with van der Waals surface area (Å²) in [5.74, 6) is 1.02. The topological polar surface area (TPSA) is 73.9 Å². The standard InChI is InChI=1S/C12H17NO5S/c1-9(8-16-2)13-19(14,15)10-3-4-11-12(7-10)18-6-5-17-11/h3-4,7,9,13H,5-6,8H2,1-2H3/t9-/m0/s1. The van der Waals surface area contributed by atoms with E-state index >= 15 is 0 Å². The number of ether oxygens (including phenoxy) is 3. The van der Waals surface area contributed by atoms with Crippen molar-refractivity contribution in [1.29, 1.82) is 0 Å². The van der Waals surface area contributed by atoms with Crippen LogP contribution < -0.4 is 14.2 Å². The Morgan fingerprint density at radius 3 is 2.68 bits per heavy atom. The van der Waals surface area contributed by atoms with Gasteiger partial charge in [0, 0.05) is 19.2 Å².